The molecule has 3 fully saturated rings. The van der Waals surface area contributed by atoms with Crippen molar-refractivity contribution in [3.05, 3.63) is 0 Å². The largest absolute Gasteiger partial charge is 0.347 e. The maximum Gasteiger partial charge on any atom is 0.314 e. The lowest BCUT2D eigenvalue weighted by molar-refractivity contribution is -0.186. The molecule has 0 aromatic heterocycles. The molecule has 5 nitrogen and oxygen atoms in total. The summed E-state index contributed by atoms with van der Waals surface area (Å²) >= 11 is 0. The highest BCUT2D eigenvalue weighted by Gasteiger charge is 2.42. The third-order valence-corrected chi connectivity index (χ3v) is 4.27. The predicted octanol–water partition coefficient (Wildman–Crippen LogP) is 1.77. The van der Waals surface area contributed by atoms with E-state index in [0.29, 0.717) is 19.1 Å². The summed E-state index contributed by atoms with van der Waals surface area (Å²) < 4.78 is 11.9. The van der Waals surface area contributed by atoms with Crippen LogP contribution in [0.15, 0.2) is 0 Å². The number of rotatable bonds is 4. The average Bonchev–Trinajstić information content (AvgIpc) is 3.18. The summed E-state index contributed by atoms with van der Waals surface area (Å²) in [6.45, 7) is 1.94. The van der Waals surface area contributed by atoms with Gasteiger partial charge in [0, 0.05) is 25.9 Å². The summed E-state index contributed by atoms with van der Waals surface area (Å²) in [6, 6.07) is -0.0832. The standard InChI is InChI=1S/C14H24N2O3/c17-13(15-8-11-4-5-11)16-9-12-10-18-14(19-12)6-2-1-3-7-14/h11-12H,1-10H2,(H2,15,16,17). The second-order valence-corrected chi connectivity index (χ2v) is 6.06. The highest BCUT2D eigenvalue weighted by Crippen LogP contribution is 2.37. The zero-order chi connectivity index (χ0) is 13.1. The van der Waals surface area contributed by atoms with E-state index in [1.807, 2.05) is 0 Å². The van der Waals surface area contributed by atoms with E-state index in [2.05, 4.69) is 10.6 Å². The zero-order valence-electron chi connectivity index (χ0n) is 11.5. The van der Waals surface area contributed by atoms with E-state index < -0.39 is 0 Å². The van der Waals surface area contributed by atoms with E-state index >= 15 is 0 Å². The molecule has 0 aromatic carbocycles. The highest BCUT2D eigenvalue weighted by molar-refractivity contribution is 5.73. The van der Waals surface area contributed by atoms with Crippen LogP contribution in [-0.2, 0) is 9.47 Å². The lowest BCUT2D eigenvalue weighted by Gasteiger charge is -2.31. The minimum atomic E-state index is -0.338. The normalized spacial score (nSPS) is 29.4. The number of amides is 2. The maximum absolute atomic E-state index is 11.6. The molecule has 3 rings (SSSR count). The van der Waals surface area contributed by atoms with Crippen LogP contribution in [0.2, 0.25) is 0 Å². The molecule has 1 spiro atoms. The van der Waals surface area contributed by atoms with Crippen LogP contribution < -0.4 is 10.6 Å². The molecule has 2 amide bonds. The van der Waals surface area contributed by atoms with Crippen LogP contribution in [0.4, 0.5) is 4.79 Å². The Morgan fingerprint density at radius 3 is 2.58 bits per heavy atom. The Bertz CT molecular complexity index is 325. The van der Waals surface area contributed by atoms with Crippen LogP contribution in [0.25, 0.3) is 0 Å². The van der Waals surface area contributed by atoms with Crippen molar-refractivity contribution in [2.24, 2.45) is 5.92 Å². The van der Waals surface area contributed by atoms with E-state index in [0.717, 1.165) is 19.4 Å². The van der Waals surface area contributed by atoms with Crippen molar-refractivity contribution < 1.29 is 14.3 Å². The van der Waals surface area contributed by atoms with E-state index in [4.69, 9.17) is 9.47 Å². The van der Waals surface area contributed by atoms with Crippen molar-refractivity contribution in [2.45, 2.75) is 56.8 Å². The molecule has 1 unspecified atom stereocenters. The van der Waals surface area contributed by atoms with Crippen LogP contribution in [0, 0.1) is 5.92 Å². The van der Waals surface area contributed by atoms with Crippen LogP contribution in [0.3, 0.4) is 0 Å². The minimum absolute atomic E-state index is 0.00442. The van der Waals surface area contributed by atoms with Gasteiger partial charge in [0.2, 0.25) is 0 Å². The Hall–Kier alpha value is -0.810. The molecule has 1 saturated heterocycles. The molecule has 3 aliphatic rings. The number of hydrogen-bond donors (Lipinski definition) is 2. The van der Waals surface area contributed by atoms with Crippen LogP contribution in [0.5, 0.6) is 0 Å². The van der Waals surface area contributed by atoms with Crippen molar-refractivity contribution in [2.75, 3.05) is 19.7 Å². The van der Waals surface area contributed by atoms with Gasteiger partial charge in [0.1, 0.15) is 6.10 Å². The summed E-state index contributed by atoms with van der Waals surface area (Å²) in [6.07, 6.45) is 8.15. The molecule has 108 valence electrons. The molecule has 1 aliphatic heterocycles. The Kier molecular flexibility index (Phi) is 3.93. The lowest BCUT2D eigenvalue weighted by atomic mass is 9.94. The predicted molar refractivity (Wildman–Crippen MR) is 70.8 cm³/mol. The maximum atomic E-state index is 11.6. The molecule has 1 heterocycles. The summed E-state index contributed by atoms with van der Waals surface area (Å²) in [4.78, 5) is 11.6. The van der Waals surface area contributed by atoms with Gasteiger partial charge in [0.15, 0.2) is 5.79 Å². The number of urea groups is 1. The van der Waals surface area contributed by atoms with Crippen molar-refractivity contribution in [3.8, 4) is 0 Å². The van der Waals surface area contributed by atoms with Gasteiger partial charge < -0.3 is 20.1 Å². The van der Waals surface area contributed by atoms with E-state index in [1.54, 1.807) is 0 Å². The first-order valence-corrected chi connectivity index (χ1v) is 7.59. The lowest BCUT2D eigenvalue weighted by Crippen LogP contribution is -2.42. The Balaban J connectivity index is 1.35. The van der Waals surface area contributed by atoms with Crippen molar-refractivity contribution >= 4 is 6.03 Å². The molecule has 2 N–H and O–H groups in total. The molecule has 0 aromatic rings. The zero-order valence-corrected chi connectivity index (χ0v) is 11.5. The number of carbonyl (C=O) groups excluding carboxylic acids is 1. The smallest absolute Gasteiger partial charge is 0.314 e. The molecular weight excluding hydrogens is 244 g/mol. The summed E-state index contributed by atoms with van der Waals surface area (Å²) in [7, 11) is 0. The highest BCUT2D eigenvalue weighted by atomic mass is 16.7. The van der Waals surface area contributed by atoms with E-state index in [-0.39, 0.29) is 17.9 Å². The van der Waals surface area contributed by atoms with Gasteiger partial charge in [-0.2, -0.15) is 0 Å². The fraction of sp³-hybridized carbons (Fsp3) is 0.929. The molecular formula is C14H24N2O3. The summed E-state index contributed by atoms with van der Waals surface area (Å²) in [5.41, 5.74) is 0. The first-order chi connectivity index (χ1) is 9.26. The number of hydrogen-bond acceptors (Lipinski definition) is 3. The van der Waals surface area contributed by atoms with Gasteiger partial charge in [-0.15, -0.1) is 0 Å². The third kappa shape index (κ3) is 3.60. The minimum Gasteiger partial charge on any atom is -0.347 e. The first-order valence-electron chi connectivity index (χ1n) is 7.59. The summed E-state index contributed by atoms with van der Waals surface area (Å²) in [5.74, 6) is 0.372. The van der Waals surface area contributed by atoms with Crippen molar-refractivity contribution in [1.29, 1.82) is 0 Å². The first kappa shape index (κ1) is 13.2. The molecule has 1 atom stereocenters. The fourth-order valence-electron chi connectivity index (χ4n) is 2.90. The number of nitrogens with one attached hydrogen (secondary N) is 2. The molecule has 0 radical (unpaired) electrons. The fourth-order valence-corrected chi connectivity index (χ4v) is 2.90. The molecule has 2 saturated carbocycles. The van der Waals surface area contributed by atoms with Crippen LogP contribution in [0.1, 0.15) is 44.9 Å². The second-order valence-electron chi connectivity index (χ2n) is 6.06. The van der Waals surface area contributed by atoms with Crippen LogP contribution in [-0.4, -0.2) is 37.6 Å². The average molecular weight is 268 g/mol. The Labute approximate surface area is 114 Å². The van der Waals surface area contributed by atoms with Gasteiger partial charge >= 0.3 is 6.03 Å². The van der Waals surface area contributed by atoms with E-state index in [9.17, 15) is 4.79 Å². The monoisotopic (exact) mass is 268 g/mol. The van der Waals surface area contributed by atoms with Gasteiger partial charge in [-0.05, 0) is 31.6 Å². The number of ether oxygens (including phenoxy) is 2. The van der Waals surface area contributed by atoms with Crippen molar-refractivity contribution in [1.82, 2.24) is 10.6 Å². The second kappa shape index (κ2) is 5.67. The van der Waals surface area contributed by atoms with Crippen LogP contribution >= 0.6 is 0 Å². The number of carbonyl (C=O) groups is 1. The topological polar surface area (TPSA) is 59.6 Å². The van der Waals surface area contributed by atoms with Gasteiger partial charge in [0.05, 0.1) is 6.61 Å². The van der Waals surface area contributed by atoms with Crippen molar-refractivity contribution in [3.63, 3.8) is 0 Å². The molecule has 19 heavy (non-hydrogen) atoms. The van der Waals surface area contributed by atoms with Gasteiger partial charge in [-0.25, -0.2) is 4.79 Å². The molecule has 0 bridgehead atoms. The molecule has 5 heteroatoms. The van der Waals surface area contributed by atoms with E-state index in [1.165, 1.54) is 32.1 Å². The summed E-state index contributed by atoms with van der Waals surface area (Å²) in [5, 5.41) is 5.77. The Morgan fingerprint density at radius 2 is 1.84 bits per heavy atom. The third-order valence-electron chi connectivity index (χ3n) is 4.27. The van der Waals surface area contributed by atoms with Gasteiger partial charge in [-0.1, -0.05) is 6.42 Å². The van der Waals surface area contributed by atoms with Gasteiger partial charge in [0.25, 0.3) is 0 Å². The molecule has 2 aliphatic carbocycles. The quantitative estimate of drug-likeness (QED) is 0.817. The Morgan fingerprint density at radius 1 is 1.11 bits per heavy atom. The van der Waals surface area contributed by atoms with Gasteiger partial charge in [-0.3, -0.25) is 0 Å². The SMILES string of the molecule is O=C(NCC1CC1)NCC1COC2(CCCCC2)O1.